The number of rotatable bonds is 9. The lowest BCUT2D eigenvalue weighted by Gasteiger charge is -2.33. The number of urea groups is 1. The Balaban J connectivity index is 1.39. The van der Waals surface area contributed by atoms with E-state index in [1.807, 2.05) is 21.9 Å². The molecule has 9 nitrogen and oxygen atoms in total. The Bertz CT molecular complexity index is 1290. The molecule has 0 unspecified atom stereocenters. The van der Waals surface area contributed by atoms with E-state index in [0.717, 1.165) is 60.4 Å². The second kappa shape index (κ2) is 13.4. The van der Waals surface area contributed by atoms with Crippen LogP contribution in [0.4, 0.5) is 16.2 Å². The molecule has 0 radical (unpaired) electrons. The van der Waals surface area contributed by atoms with Crippen molar-refractivity contribution in [3.05, 3.63) is 78.1 Å². The third-order valence-corrected chi connectivity index (χ3v) is 7.43. The quantitative estimate of drug-likeness (QED) is 0.420. The summed E-state index contributed by atoms with van der Waals surface area (Å²) in [6.07, 6.45) is 6.26. The van der Waals surface area contributed by atoms with Crippen LogP contribution < -0.4 is 16.0 Å². The molecule has 2 aromatic carbocycles. The summed E-state index contributed by atoms with van der Waals surface area (Å²) in [6.45, 7) is 5.93. The van der Waals surface area contributed by atoms with Crippen LogP contribution in [0.15, 0.2) is 67.0 Å². The number of hydrogen-bond donors (Lipinski definition) is 2. The number of aromatic nitrogens is 1. The van der Waals surface area contributed by atoms with E-state index in [0.29, 0.717) is 51.5 Å². The molecule has 2 aliphatic heterocycles. The molecule has 40 heavy (non-hydrogen) atoms. The minimum absolute atomic E-state index is 0.0255. The number of pyridine rings is 1. The summed E-state index contributed by atoms with van der Waals surface area (Å²) in [4.78, 5) is 36.5. The average Bonchev–Trinajstić information content (AvgIpc) is 3.55. The normalized spacial score (nSPS) is 15.2. The van der Waals surface area contributed by atoms with Crippen LogP contribution in [0.2, 0.25) is 0 Å². The molecule has 0 spiro atoms. The maximum Gasteiger partial charge on any atom is 0.320 e. The van der Waals surface area contributed by atoms with E-state index in [2.05, 4.69) is 45.5 Å². The molecule has 2 aliphatic rings. The van der Waals surface area contributed by atoms with Crippen molar-refractivity contribution in [2.24, 2.45) is 5.73 Å². The van der Waals surface area contributed by atoms with Gasteiger partial charge in [-0.1, -0.05) is 24.3 Å². The summed E-state index contributed by atoms with van der Waals surface area (Å²) >= 11 is 0. The smallest absolute Gasteiger partial charge is 0.320 e. The van der Waals surface area contributed by atoms with Crippen LogP contribution in [0.25, 0.3) is 11.1 Å². The topological polar surface area (TPSA) is 104 Å². The summed E-state index contributed by atoms with van der Waals surface area (Å²) in [5.74, 6) is -0.184. The first-order valence-electron chi connectivity index (χ1n) is 14.1. The molecule has 3 heterocycles. The number of morpholine rings is 1. The first-order chi connectivity index (χ1) is 19.6. The van der Waals surface area contributed by atoms with Crippen molar-refractivity contribution in [2.45, 2.75) is 25.8 Å². The molecule has 2 fully saturated rings. The highest BCUT2D eigenvalue weighted by atomic mass is 16.5. The number of carbonyl (C=O) groups is 2. The number of nitrogens with one attached hydrogen (secondary N) is 1. The number of hydrogen-bond acceptors (Lipinski definition) is 6. The fourth-order valence-corrected chi connectivity index (χ4v) is 5.29. The standard InChI is InChI=1S/C31H38N6O3/c32-11-5-15-37(31(39)36-16-18-40-19-17-36)23-24-6-3-7-25(20-24)26-9-10-29(35-13-1-2-14-35)28(21-26)34-30(38)27-8-4-12-33-22-27/h3-4,6-10,12,20-22H,1-2,5,11,13-19,23,32H2,(H,34,38). The van der Waals surface area contributed by atoms with Crippen molar-refractivity contribution in [3.63, 3.8) is 0 Å². The van der Waals surface area contributed by atoms with Crippen molar-refractivity contribution < 1.29 is 14.3 Å². The molecular weight excluding hydrogens is 504 g/mol. The Morgan fingerprint density at radius 3 is 2.52 bits per heavy atom. The first kappa shape index (κ1) is 27.6. The van der Waals surface area contributed by atoms with Crippen LogP contribution in [-0.4, -0.2) is 79.2 Å². The maximum atomic E-state index is 13.3. The van der Waals surface area contributed by atoms with Gasteiger partial charge >= 0.3 is 6.03 Å². The lowest BCUT2D eigenvalue weighted by molar-refractivity contribution is 0.0425. The number of benzene rings is 2. The van der Waals surface area contributed by atoms with Crippen molar-refractivity contribution in [1.82, 2.24) is 14.8 Å². The number of nitrogens with zero attached hydrogens (tertiary/aromatic N) is 4. The van der Waals surface area contributed by atoms with Crippen LogP contribution in [0, 0.1) is 0 Å². The monoisotopic (exact) mass is 542 g/mol. The van der Waals surface area contributed by atoms with Crippen LogP contribution in [0.3, 0.4) is 0 Å². The highest BCUT2D eigenvalue weighted by Crippen LogP contribution is 2.34. The fraction of sp³-hybridized carbons (Fsp3) is 0.387. The molecule has 3 N–H and O–H groups in total. The Kier molecular flexibility index (Phi) is 9.26. The van der Waals surface area contributed by atoms with E-state index < -0.39 is 0 Å². The van der Waals surface area contributed by atoms with Gasteiger partial charge in [-0.2, -0.15) is 0 Å². The molecule has 5 rings (SSSR count). The molecule has 9 heteroatoms. The van der Waals surface area contributed by atoms with Gasteiger partial charge in [0.25, 0.3) is 5.91 Å². The highest BCUT2D eigenvalue weighted by molar-refractivity contribution is 6.06. The Morgan fingerprint density at radius 2 is 1.77 bits per heavy atom. The Hall–Kier alpha value is -3.95. The van der Waals surface area contributed by atoms with Gasteiger partial charge in [-0.3, -0.25) is 9.78 Å². The van der Waals surface area contributed by atoms with E-state index in [9.17, 15) is 9.59 Å². The number of nitrogens with two attached hydrogens (primary N) is 1. The summed E-state index contributed by atoms with van der Waals surface area (Å²) in [5.41, 5.74) is 11.2. The van der Waals surface area contributed by atoms with E-state index in [-0.39, 0.29) is 11.9 Å². The number of ether oxygens (including phenoxy) is 1. The van der Waals surface area contributed by atoms with E-state index in [1.54, 1.807) is 24.5 Å². The predicted molar refractivity (Wildman–Crippen MR) is 157 cm³/mol. The van der Waals surface area contributed by atoms with Gasteiger partial charge in [0.2, 0.25) is 0 Å². The lowest BCUT2D eigenvalue weighted by atomic mass is 10.0. The van der Waals surface area contributed by atoms with Gasteiger partial charge in [-0.15, -0.1) is 0 Å². The van der Waals surface area contributed by atoms with Gasteiger partial charge in [0.1, 0.15) is 0 Å². The molecule has 1 aromatic heterocycles. The summed E-state index contributed by atoms with van der Waals surface area (Å²) in [5, 5.41) is 3.13. The minimum atomic E-state index is -0.184. The van der Waals surface area contributed by atoms with Gasteiger partial charge in [-0.25, -0.2) is 4.79 Å². The molecule has 0 saturated carbocycles. The van der Waals surface area contributed by atoms with Gasteiger partial charge in [0.15, 0.2) is 0 Å². The van der Waals surface area contributed by atoms with Gasteiger partial charge in [0, 0.05) is 51.7 Å². The van der Waals surface area contributed by atoms with Crippen molar-refractivity contribution in [2.75, 3.05) is 62.7 Å². The summed E-state index contributed by atoms with van der Waals surface area (Å²) in [6, 6.07) is 18.1. The third kappa shape index (κ3) is 6.78. The zero-order valence-corrected chi connectivity index (χ0v) is 22.9. The number of amides is 3. The van der Waals surface area contributed by atoms with Crippen molar-refractivity contribution >= 4 is 23.3 Å². The number of carbonyl (C=O) groups excluding carboxylic acids is 2. The molecule has 0 atom stereocenters. The van der Waals surface area contributed by atoms with Crippen LogP contribution in [0.1, 0.15) is 35.2 Å². The highest BCUT2D eigenvalue weighted by Gasteiger charge is 2.23. The van der Waals surface area contributed by atoms with Gasteiger partial charge < -0.3 is 30.5 Å². The summed E-state index contributed by atoms with van der Waals surface area (Å²) < 4.78 is 5.43. The Morgan fingerprint density at radius 1 is 0.975 bits per heavy atom. The largest absolute Gasteiger partial charge is 0.378 e. The van der Waals surface area contributed by atoms with E-state index in [1.165, 1.54) is 0 Å². The molecule has 0 bridgehead atoms. The van der Waals surface area contributed by atoms with E-state index in [4.69, 9.17) is 10.5 Å². The zero-order valence-electron chi connectivity index (χ0n) is 22.9. The van der Waals surface area contributed by atoms with Crippen LogP contribution >= 0.6 is 0 Å². The SMILES string of the molecule is NCCCN(Cc1cccc(-c2ccc(N3CCCC3)c(NC(=O)c3cccnc3)c2)c1)C(=O)N1CCOCC1. The van der Waals surface area contributed by atoms with E-state index >= 15 is 0 Å². The van der Waals surface area contributed by atoms with Crippen molar-refractivity contribution in [3.8, 4) is 11.1 Å². The molecule has 2 saturated heterocycles. The molecule has 210 valence electrons. The third-order valence-electron chi connectivity index (χ3n) is 7.43. The zero-order chi connectivity index (χ0) is 27.7. The van der Waals surface area contributed by atoms with Gasteiger partial charge in [0.05, 0.1) is 30.2 Å². The average molecular weight is 543 g/mol. The molecule has 3 amide bonds. The molecular formula is C31H38N6O3. The predicted octanol–water partition coefficient (Wildman–Crippen LogP) is 4.20. The number of anilines is 2. The minimum Gasteiger partial charge on any atom is -0.378 e. The first-order valence-corrected chi connectivity index (χ1v) is 14.1. The van der Waals surface area contributed by atoms with Crippen LogP contribution in [0.5, 0.6) is 0 Å². The van der Waals surface area contributed by atoms with Gasteiger partial charge in [-0.05, 0) is 72.8 Å². The molecule has 0 aliphatic carbocycles. The molecule has 3 aromatic rings. The Labute approximate surface area is 235 Å². The maximum absolute atomic E-state index is 13.3. The van der Waals surface area contributed by atoms with Crippen LogP contribution in [-0.2, 0) is 11.3 Å². The fourth-order valence-electron chi connectivity index (χ4n) is 5.29. The summed E-state index contributed by atoms with van der Waals surface area (Å²) in [7, 11) is 0. The van der Waals surface area contributed by atoms with Crippen molar-refractivity contribution in [1.29, 1.82) is 0 Å². The second-order valence-electron chi connectivity index (χ2n) is 10.3. The lowest BCUT2D eigenvalue weighted by Crippen LogP contribution is -2.48. The second-order valence-corrected chi connectivity index (χ2v) is 10.3.